The zero-order chi connectivity index (χ0) is 19.8. The van der Waals surface area contributed by atoms with Crippen molar-refractivity contribution < 1.29 is 23.5 Å². The molecular formula is C19H23FN2O4S. The van der Waals surface area contributed by atoms with Gasteiger partial charge >= 0.3 is 5.97 Å². The molecule has 2 saturated heterocycles. The molecule has 1 aromatic carbocycles. The Morgan fingerprint density at radius 1 is 1.37 bits per heavy atom. The van der Waals surface area contributed by atoms with Gasteiger partial charge in [0.05, 0.1) is 18.4 Å². The first-order valence-corrected chi connectivity index (χ1v) is 10.3. The zero-order valence-corrected chi connectivity index (χ0v) is 16.3. The number of nitrogens with zero attached hydrogens (tertiary/aromatic N) is 1. The van der Waals surface area contributed by atoms with E-state index in [1.807, 2.05) is 6.26 Å². The number of rotatable bonds is 6. The Morgan fingerprint density at radius 3 is 2.74 bits per heavy atom. The highest BCUT2D eigenvalue weighted by atomic mass is 32.2. The Hall–Kier alpha value is -1.93. The van der Waals surface area contributed by atoms with Gasteiger partial charge in [-0.25, -0.2) is 4.39 Å². The van der Waals surface area contributed by atoms with Crippen LogP contribution in [-0.4, -0.2) is 53.9 Å². The van der Waals surface area contributed by atoms with Crippen LogP contribution in [0, 0.1) is 17.7 Å². The molecule has 0 radical (unpaired) electrons. The third-order valence-corrected chi connectivity index (χ3v) is 6.03. The van der Waals surface area contributed by atoms with Crippen LogP contribution in [0.5, 0.6) is 0 Å². The lowest BCUT2D eigenvalue weighted by atomic mass is 9.78. The summed E-state index contributed by atoms with van der Waals surface area (Å²) >= 11 is 1.54. The Balaban J connectivity index is 2.12. The predicted molar refractivity (Wildman–Crippen MR) is 99.4 cm³/mol. The topological polar surface area (TPSA) is 75.7 Å². The van der Waals surface area contributed by atoms with E-state index in [1.165, 1.54) is 19.2 Å². The SMILES string of the molecule is CCOC(=O)[C@]1(CCSC)N[C@@H](c2cccc(F)c2)[C@H]2C(=O)N(C)C(=O)[C@H]21. The van der Waals surface area contributed by atoms with Crippen LogP contribution in [0.3, 0.4) is 0 Å². The van der Waals surface area contributed by atoms with E-state index in [2.05, 4.69) is 5.32 Å². The monoisotopic (exact) mass is 394 g/mol. The minimum absolute atomic E-state index is 0.168. The smallest absolute Gasteiger partial charge is 0.327 e. The molecule has 8 heteroatoms. The quantitative estimate of drug-likeness (QED) is 0.585. The number of esters is 1. The van der Waals surface area contributed by atoms with Crippen LogP contribution >= 0.6 is 11.8 Å². The number of hydrogen-bond acceptors (Lipinski definition) is 6. The molecule has 6 nitrogen and oxygen atoms in total. The first-order valence-electron chi connectivity index (χ1n) is 8.88. The molecule has 1 N–H and O–H groups in total. The van der Waals surface area contributed by atoms with E-state index >= 15 is 0 Å². The van der Waals surface area contributed by atoms with Gasteiger partial charge in [0.1, 0.15) is 11.4 Å². The second kappa shape index (κ2) is 7.59. The van der Waals surface area contributed by atoms with Crippen LogP contribution in [0.1, 0.15) is 24.9 Å². The van der Waals surface area contributed by atoms with Gasteiger partial charge in [0.25, 0.3) is 0 Å². The van der Waals surface area contributed by atoms with Gasteiger partial charge in [-0.1, -0.05) is 12.1 Å². The fraction of sp³-hybridized carbons (Fsp3) is 0.526. The molecule has 0 bridgehead atoms. The average Bonchev–Trinajstić information content (AvgIpc) is 3.11. The summed E-state index contributed by atoms with van der Waals surface area (Å²) in [5.41, 5.74) is -0.769. The summed E-state index contributed by atoms with van der Waals surface area (Å²) in [7, 11) is 1.43. The number of hydrogen-bond donors (Lipinski definition) is 1. The maximum atomic E-state index is 13.8. The number of carbonyl (C=O) groups excluding carboxylic acids is 3. The second-order valence-electron chi connectivity index (χ2n) is 6.85. The van der Waals surface area contributed by atoms with Crippen molar-refractivity contribution in [2.75, 3.05) is 25.7 Å². The summed E-state index contributed by atoms with van der Waals surface area (Å²) in [4.78, 5) is 39.8. The number of nitrogens with one attached hydrogen (secondary N) is 1. The molecule has 0 spiro atoms. The highest BCUT2D eigenvalue weighted by molar-refractivity contribution is 7.98. The minimum atomic E-state index is -1.31. The lowest BCUT2D eigenvalue weighted by Crippen LogP contribution is -2.56. The summed E-state index contributed by atoms with van der Waals surface area (Å²) in [6.45, 7) is 1.87. The predicted octanol–water partition coefficient (Wildman–Crippen LogP) is 1.76. The van der Waals surface area contributed by atoms with E-state index in [-0.39, 0.29) is 12.5 Å². The average molecular weight is 394 g/mol. The van der Waals surface area contributed by atoms with E-state index in [9.17, 15) is 18.8 Å². The fourth-order valence-electron chi connectivity index (χ4n) is 4.18. The minimum Gasteiger partial charge on any atom is -0.465 e. The number of fused-ring (bicyclic) bond motifs is 1. The summed E-state index contributed by atoms with van der Waals surface area (Å²) < 4.78 is 19.1. The van der Waals surface area contributed by atoms with E-state index in [0.29, 0.717) is 17.7 Å². The van der Waals surface area contributed by atoms with Crippen molar-refractivity contribution in [2.45, 2.75) is 24.9 Å². The van der Waals surface area contributed by atoms with Gasteiger partial charge < -0.3 is 4.74 Å². The van der Waals surface area contributed by atoms with Crippen molar-refractivity contribution in [3.8, 4) is 0 Å². The molecule has 1 aromatic rings. The van der Waals surface area contributed by atoms with E-state index in [4.69, 9.17) is 4.74 Å². The number of thioether (sulfide) groups is 1. The van der Waals surface area contributed by atoms with Crippen LogP contribution in [0.4, 0.5) is 4.39 Å². The molecule has 2 amide bonds. The van der Waals surface area contributed by atoms with Crippen molar-refractivity contribution in [3.05, 3.63) is 35.6 Å². The van der Waals surface area contributed by atoms with Crippen LogP contribution in [-0.2, 0) is 19.1 Å². The molecule has 2 aliphatic rings. The van der Waals surface area contributed by atoms with Crippen LogP contribution in [0.25, 0.3) is 0 Å². The lowest BCUT2D eigenvalue weighted by Gasteiger charge is -2.32. The van der Waals surface area contributed by atoms with E-state index < -0.39 is 41.1 Å². The summed E-state index contributed by atoms with van der Waals surface area (Å²) in [6.07, 6.45) is 2.25. The molecular weight excluding hydrogens is 371 g/mol. The molecule has 0 unspecified atom stereocenters. The van der Waals surface area contributed by atoms with Crippen molar-refractivity contribution >= 4 is 29.5 Å². The first-order chi connectivity index (χ1) is 12.9. The van der Waals surface area contributed by atoms with Crippen molar-refractivity contribution in [3.63, 3.8) is 0 Å². The normalized spacial score (nSPS) is 29.9. The zero-order valence-electron chi connectivity index (χ0n) is 15.5. The Labute approximate surface area is 161 Å². The van der Waals surface area contributed by atoms with Gasteiger partial charge in [-0.15, -0.1) is 0 Å². The summed E-state index contributed by atoms with van der Waals surface area (Å²) in [5, 5.41) is 3.23. The van der Waals surface area contributed by atoms with Crippen LogP contribution in [0.15, 0.2) is 24.3 Å². The van der Waals surface area contributed by atoms with Crippen molar-refractivity contribution in [1.82, 2.24) is 10.2 Å². The molecule has 2 fully saturated rings. The molecule has 27 heavy (non-hydrogen) atoms. The van der Waals surface area contributed by atoms with Gasteiger partial charge in [-0.05, 0) is 43.0 Å². The van der Waals surface area contributed by atoms with Gasteiger partial charge in [-0.3, -0.25) is 24.6 Å². The number of halogens is 1. The van der Waals surface area contributed by atoms with Gasteiger partial charge in [-0.2, -0.15) is 11.8 Å². The number of ether oxygens (including phenoxy) is 1. The molecule has 146 valence electrons. The van der Waals surface area contributed by atoms with Gasteiger partial charge in [0.2, 0.25) is 11.8 Å². The van der Waals surface area contributed by atoms with Crippen molar-refractivity contribution in [2.24, 2.45) is 11.8 Å². The van der Waals surface area contributed by atoms with E-state index in [1.54, 1.807) is 30.8 Å². The molecule has 0 aromatic heterocycles. The molecule has 2 heterocycles. The number of amides is 2. The number of likely N-dealkylation sites (tertiary alicyclic amines) is 1. The maximum absolute atomic E-state index is 13.8. The third kappa shape index (κ3) is 3.14. The highest BCUT2D eigenvalue weighted by Gasteiger charge is 2.67. The van der Waals surface area contributed by atoms with E-state index in [0.717, 1.165) is 4.90 Å². The van der Waals surface area contributed by atoms with Crippen molar-refractivity contribution in [1.29, 1.82) is 0 Å². The summed E-state index contributed by atoms with van der Waals surface area (Å²) in [5.74, 6) is -2.76. The largest absolute Gasteiger partial charge is 0.465 e. The fourth-order valence-corrected chi connectivity index (χ4v) is 4.70. The third-order valence-electron chi connectivity index (χ3n) is 5.42. The van der Waals surface area contributed by atoms with Gasteiger partial charge in [0.15, 0.2) is 0 Å². The van der Waals surface area contributed by atoms with Crippen LogP contribution in [0.2, 0.25) is 0 Å². The number of carbonyl (C=O) groups is 3. The number of benzene rings is 1. The Kier molecular flexibility index (Phi) is 5.58. The molecule has 3 rings (SSSR count). The maximum Gasteiger partial charge on any atom is 0.327 e. The molecule has 4 atom stereocenters. The Bertz CT molecular complexity index is 774. The van der Waals surface area contributed by atoms with Crippen LogP contribution < -0.4 is 5.32 Å². The Morgan fingerprint density at radius 2 is 2.11 bits per heavy atom. The summed E-state index contributed by atoms with van der Waals surface area (Å²) in [6, 6.07) is 5.26. The number of imide groups is 1. The lowest BCUT2D eigenvalue weighted by molar-refractivity contribution is -0.156. The standard InChI is InChI=1S/C19H23FN2O4S/c1-4-26-18(25)19(8-9-27-3)14-13(16(23)22(2)17(14)24)15(21-19)11-6-5-7-12(20)10-11/h5-7,10,13-15,21H,4,8-9H2,1-3H3/t13-,14-,15-,19+/m0/s1. The molecule has 2 aliphatic heterocycles. The second-order valence-corrected chi connectivity index (χ2v) is 7.84. The molecule has 0 aliphatic carbocycles. The molecule has 0 saturated carbocycles. The highest BCUT2D eigenvalue weighted by Crippen LogP contribution is 2.50. The van der Waals surface area contributed by atoms with Gasteiger partial charge in [0, 0.05) is 13.1 Å². The first kappa shape index (κ1) is 19.8.